The van der Waals surface area contributed by atoms with Gasteiger partial charge in [-0.1, -0.05) is 31.5 Å². The summed E-state index contributed by atoms with van der Waals surface area (Å²) < 4.78 is 11.1. The number of benzene rings is 1. The number of carbonyl (C=O) groups is 2. The van der Waals surface area contributed by atoms with Crippen LogP contribution in [0.3, 0.4) is 0 Å². The van der Waals surface area contributed by atoms with Gasteiger partial charge in [-0.2, -0.15) is 0 Å². The molecule has 2 atom stereocenters. The molecule has 0 N–H and O–H groups in total. The van der Waals surface area contributed by atoms with Crippen LogP contribution in [0.25, 0.3) is 0 Å². The topological polar surface area (TPSA) is 52.6 Å². The van der Waals surface area contributed by atoms with Crippen LogP contribution in [0.5, 0.6) is 0 Å². The smallest absolute Gasteiger partial charge is 0.338 e. The Hall–Kier alpha value is -1.84. The Bertz CT molecular complexity index is 578. The van der Waals surface area contributed by atoms with Crippen LogP contribution in [0.2, 0.25) is 0 Å². The van der Waals surface area contributed by atoms with Gasteiger partial charge in [-0.3, -0.25) is 4.79 Å². The molecule has 1 fully saturated rings. The van der Waals surface area contributed by atoms with E-state index in [1.54, 1.807) is 19.1 Å². The number of esters is 2. The van der Waals surface area contributed by atoms with Crippen LogP contribution < -0.4 is 0 Å². The van der Waals surface area contributed by atoms with E-state index >= 15 is 0 Å². The maximum atomic E-state index is 12.6. The summed E-state index contributed by atoms with van der Waals surface area (Å²) in [4.78, 5) is 25.0. The van der Waals surface area contributed by atoms with Gasteiger partial charge in [0, 0.05) is 0 Å². The molecule has 0 amide bonds. The Balaban J connectivity index is 2.23. The van der Waals surface area contributed by atoms with E-state index in [9.17, 15) is 9.59 Å². The summed E-state index contributed by atoms with van der Waals surface area (Å²) >= 11 is 0. The van der Waals surface area contributed by atoms with Crippen LogP contribution in [-0.4, -0.2) is 24.6 Å². The second-order valence-corrected chi connectivity index (χ2v) is 6.57. The highest BCUT2D eigenvalue weighted by Crippen LogP contribution is 2.47. The molecule has 1 aliphatic carbocycles. The molecule has 2 rings (SSSR count). The normalized spacial score (nSPS) is 23.8. The van der Waals surface area contributed by atoms with E-state index in [1.165, 1.54) is 0 Å². The van der Waals surface area contributed by atoms with Crippen molar-refractivity contribution in [1.29, 1.82) is 0 Å². The summed E-state index contributed by atoms with van der Waals surface area (Å²) in [5.74, 6) is -0.552. The van der Waals surface area contributed by atoms with Gasteiger partial charge in [0.2, 0.25) is 0 Å². The lowest BCUT2D eigenvalue weighted by atomic mass is 9.74. The van der Waals surface area contributed by atoms with Gasteiger partial charge in [0.25, 0.3) is 0 Å². The molecule has 1 aromatic rings. The quantitative estimate of drug-likeness (QED) is 0.772. The summed E-state index contributed by atoms with van der Waals surface area (Å²) in [7, 11) is 0. The molecule has 0 saturated heterocycles. The fourth-order valence-electron chi connectivity index (χ4n) is 3.53. The van der Waals surface area contributed by atoms with E-state index in [0.717, 1.165) is 12.0 Å². The Kier molecular flexibility index (Phi) is 5.45. The third-order valence-corrected chi connectivity index (χ3v) is 4.82. The molecule has 0 aliphatic heterocycles. The second-order valence-electron chi connectivity index (χ2n) is 6.57. The molecule has 0 spiro atoms. The van der Waals surface area contributed by atoms with Gasteiger partial charge in [0.05, 0.1) is 12.2 Å². The van der Waals surface area contributed by atoms with Crippen LogP contribution in [0.1, 0.15) is 56.0 Å². The maximum Gasteiger partial charge on any atom is 0.338 e. The number of ether oxygens (including phenoxy) is 2. The minimum atomic E-state index is -0.727. The zero-order valence-electron chi connectivity index (χ0n) is 14.4. The van der Waals surface area contributed by atoms with Gasteiger partial charge in [0.1, 0.15) is 11.5 Å². The Labute approximate surface area is 138 Å². The predicted molar refractivity (Wildman–Crippen MR) is 88.1 cm³/mol. The molecule has 2 unspecified atom stereocenters. The monoisotopic (exact) mass is 318 g/mol. The lowest BCUT2D eigenvalue weighted by Crippen LogP contribution is -2.46. The lowest BCUT2D eigenvalue weighted by molar-refractivity contribution is -0.165. The fraction of sp³-hybridized carbons (Fsp3) is 0.579. The highest BCUT2D eigenvalue weighted by molar-refractivity contribution is 5.90. The molecule has 1 aromatic carbocycles. The Morgan fingerprint density at radius 3 is 2.70 bits per heavy atom. The molecule has 4 heteroatoms. The van der Waals surface area contributed by atoms with Crippen molar-refractivity contribution in [2.45, 2.75) is 53.1 Å². The first-order valence-corrected chi connectivity index (χ1v) is 8.36. The van der Waals surface area contributed by atoms with E-state index in [4.69, 9.17) is 9.47 Å². The molecule has 0 heterocycles. The maximum absolute atomic E-state index is 12.6. The molecule has 0 bridgehead atoms. The highest BCUT2D eigenvalue weighted by atomic mass is 16.6. The van der Waals surface area contributed by atoms with Gasteiger partial charge < -0.3 is 9.47 Å². The van der Waals surface area contributed by atoms with Crippen molar-refractivity contribution in [3.8, 4) is 0 Å². The molecule has 4 nitrogen and oxygen atoms in total. The number of carbonyl (C=O) groups excluding carboxylic acids is 2. The molecule has 1 saturated carbocycles. The average Bonchev–Trinajstić information content (AvgIpc) is 2.92. The molecule has 23 heavy (non-hydrogen) atoms. The van der Waals surface area contributed by atoms with Crippen molar-refractivity contribution in [3.05, 3.63) is 35.4 Å². The molecule has 0 aromatic heterocycles. The summed E-state index contributed by atoms with van der Waals surface area (Å²) in [5, 5.41) is 0. The second kappa shape index (κ2) is 7.16. The number of hydrogen-bond acceptors (Lipinski definition) is 4. The third kappa shape index (κ3) is 3.41. The van der Waals surface area contributed by atoms with Crippen molar-refractivity contribution in [3.63, 3.8) is 0 Å². The summed E-state index contributed by atoms with van der Waals surface area (Å²) in [6.45, 7) is 8.06. The van der Waals surface area contributed by atoms with Crippen molar-refractivity contribution < 1.29 is 19.1 Å². The van der Waals surface area contributed by atoms with E-state index in [2.05, 4.69) is 0 Å². The first-order valence-electron chi connectivity index (χ1n) is 8.36. The van der Waals surface area contributed by atoms with Crippen LogP contribution in [0.15, 0.2) is 24.3 Å². The van der Waals surface area contributed by atoms with E-state index in [0.29, 0.717) is 25.0 Å². The Morgan fingerprint density at radius 1 is 1.35 bits per heavy atom. The summed E-state index contributed by atoms with van der Waals surface area (Å²) in [5.41, 5.74) is 0.806. The average molecular weight is 318 g/mol. The molecule has 1 aliphatic rings. The third-order valence-electron chi connectivity index (χ3n) is 4.82. The number of hydrogen-bond donors (Lipinski definition) is 0. The molecular formula is C19H26O4. The SMILES string of the molecule is CCOC(=O)C1(C(C)C)CCCC1OC(=O)c1cccc(C)c1. The standard InChI is InChI=1S/C19H26O4/c1-5-22-18(21)19(13(2)3)11-7-10-16(19)23-17(20)15-9-6-8-14(4)12-15/h6,8-9,12-13,16H,5,7,10-11H2,1-4H3. The predicted octanol–water partition coefficient (Wildman–Crippen LogP) is 3.91. The van der Waals surface area contributed by atoms with E-state index < -0.39 is 11.5 Å². The molecule has 126 valence electrons. The zero-order chi connectivity index (χ0) is 17.0. The van der Waals surface area contributed by atoms with Crippen LogP contribution in [0.4, 0.5) is 0 Å². The van der Waals surface area contributed by atoms with Gasteiger partial charge in [-0.25, -0.2) is 4.79 Å². The number of aryl methyl sites for hydroxylation is 1. The molecular weight excluding hydrogens is 292 g/mol. The first-order chi connectivity index (χ1) is 10.9. The first kappa shape index (κ1) is 17.5. The summed E-state index contributed by atoms with van der Waals surface area (Å²) in [6.07, 6.45) is 1.85. The van der Waals surface area contributed by atoms with Crippen LogP contribution >= 0.6 is 0 Å². The van der Waals surface area contributed by atoms with Gasteiger partial charge in [0.15, 0.2) is 0 Å². The number of rotatable bonds is 5. The highest BCUT2D eigenvalue weighted by Gasteiger charge is 2.54. The van der Waals surface area contributed by atoms with Crippen molar-refractivity contribution in [1.82, 2.24) is 0 Å². The molecule has 0 radical (unpaired) electrons. The van der Waals surface area contributed by atoms with Crippen LogP contribution in [-0.2, 0) is 14.3 Å². The van der Waals surface area contributed by atoms with E-state index in [-0.39, 0.29) is 17.9 Å². The largest absolute Gasteiger partial charge is 0.465 e. The zero-order valence-corrected chi connectivity index (χ0v) is 14.4. The van der Waals surface area contributed by atoms with E-state index in [1.807, 2.05) is 32.9 Å². The van der Waals surface area contributed by atoms with Gasteiger partial charge >= 0.3 is 11.9 Å². The minimum Gasteiger partial charge on any atom is -0.465 e. The minimum absolute atomic E-state index is 0.0550. The fourth-order valence-corrected chi connectivity index (χ4v) is 3.53. The van der Waals surface area contributed by atoms with Crippen molar-refractivity contribution >= 4 is 11.9 Å². The van der Waals surface area contributed by atoms with Crippen molar-refractivity contribution in [2.75, 3.05) is 6.61 Å². The Morgan fingerprint density at radius 2 is 2.09 bits per heavy atom. The van der Waals surface area contributed by atoms with Gasteiger partial charge in [-0.15, -0.1) is 0 Å². The van der Waals surface area contributed by atoms with Crippen LogP contribution in [0, 0.1) is 18.3 Å². The van der Waals surface area contributed by atoms with Crippen molar-refractivity contribution in [2.24, 2.45) is 11.3 Å². The van der Waals surface area contributed by atoms with Gasteiger partial charge in [-0.05, 0) is 51.2 Å². The lowest BCUT2D eigenvalue weighted by Gasteiger charge is -2.36. The summed E-state index contributed by atoms with van der Waals surface area (Å²) in [6, 6.07) is 7.31.